The molecule has 2 aliphatic carbocycles. The van der Waals surface area contributed by atoms with Crippen molar-refractivity contribution in [3.05, 3.63) is 30.1 Å². The number of hydrogen-bond acceptors (Lipinski definition) is 7. The van der Waals surface area contributed by atoms with Crippen molar-refractivity contribution in [1.29, 1.82) is 0 Å². The Morgan fingerprint density at radius 2 is 2.06 bits per heavy atom. The number of nitrogens with two attached hydrogens (primary N) is 1. The molecule has 11 heteroatoms. The van der Waals surface area contributed by atoms with E-state index in [0.717, 1.165) is 30.3 Å². The summed E-state index contributed by atoms with van der Waals surface area (Å²) in [5.74, 6) is -1.16. The SMILES string of the molecule is C[C@@H](N)C(CNc1cc(F)c(S(=O)(=O)Nc2ncns2)cc1F)CC1CCC2(CC2)C1. The lowest BCUT2D eigenvalue weighted by Gasteiger charge is -2.25. The highest BCUT2D eigenvalue weighted by Crippen LogP contribution is 2.60. The minimum Gasteiger partial charge on any atom is -0.382 e. The molecular weight excluding hydrogens is 444 g/mol. The largest absolute Gasteiger partial charge is 0.382 e. The van der Waals surface area contributed by atoms with Gasteiger partial charge in [-0.25, -0.2) is 22.2 Å². The van der Waals surface area contributed by atoms with E-state index in [0.29, 0.717) is 23.9 Å². The first kappa shape index (κ1) is 22.3. The molecule has 4 rings (SSSR count). The third-order valence-corrected chi connectivity index (χ3v) is 8.65. The number of nitrogens with one attached hydrogen (secondary N) is 2. The zero-order chi connectivity index (χ0) is 22.2. The van der Waals surface area contributed by atoms with Crippen LogP contribution in [0.1, 0.15) is 45.4 Å². The summed E-state index contributed by atoms with van der Waals surface area (Å²) in [5, 5.41) is 2.91. The highest BCUT2D eigenvalue weighted by molar-refractivity contribution is 7.93. The highest BCUT2D eigenvalue weighted by atomic mass is 32.2. The van der Waals surface area contributed by atoms with Crippen molar-refractivity contribution >= 4 is 32.4 Å². The van der Waals surface area contributed by atoms with Gasteiger partial charge in [0.1, 0.15) is 22.9 Å². The number of benzene rings is 1. The maximum Gasteiger partial charge on any atom is 0.266 e. The van der Waals surface area contributed by atoms with Gasteiger partial charge in [-0.3, -0.25) is 4.72 Å². The topological polar surface area (TPSA) is 110 Å². The summed E-state index contributed by atoms with van der Waals surface area (Å²) in [7, 11) is -4.32. The lowest BCUT2D eigenvalue weighted by atomic mass is 9.88. The van der Waals surface area contributed by atoms with Crippen LogP contribution in [0, 0.1) is 28.9 Å². The molecule has 2 saturated carbocycles. The summed E-state index contributed by atoms with van der Waals surface area (Å²) in [6.45, 7) is 2.33. The van der Waals surface area contributed by atoms with Gasteiger partial charge < -0.3 is 11.1 Å². The molecule has 0 amide bonds. The third-order valence-electron chi connectivity index (χ3n) is 6.59. The number of rotatable bonds is 9. The fourth-order valence-electron chi connectivity index (χ4n) is 4.57. The Balaban J connectivity index is 1.42. The molecule has 0 radical (unpaired) electrons. The first-order chi connectivity index (χ1) is 14.7. The average molecular weight is 472 g/mol. The molecule has 1 aromatic carbocycles. The van der Waals surface area contributed by atoms with Crippen molar-refractivity contribution in [3.8, 4) is 0 Å². The van der Waals surface area contributed by atoms with Crippen LogP contribution in [0.5, 0.6) is 0 Å². The molecule has 1 heterocycles. The summed E-state index contributed by atoms with van der Waals surface area (Å²) in [6.07, 6.45) is 8.52. The second-order valence-corrected chi connectivity index (χ2v) is 11.4. The second-order valence-electron chi connectivity index (χ2n) is 8.96. The van der Waals surface area contributed by atoms with Crippen LogP contribution >= 0.6 is 11.5 Å². The Kier molecular flexibility index (Phi) is 6.19. The molecular formula is C20H27F2N5O2S2. The molecule has 2 unspecified atom stereocenters. The Hall–Kier alpha value is -1.85. The van der Waals surface area contributed by atoms with E-state index in [4.69, 9.17) is 5.73 Å². The Labute approximate surface area is 185 Å². The summed E-state index contributed by atoms with van der Waals surface area (Å²) in [5.41, 5.74) is 6.67. The number of hydrogen-bond donors (Lipinski definition) is 3. The molecule has 1 aromatic heterocycles. The molecule has 170 valence electrons. The van der Waals surface area contributed by atoms with Gasteiger partial charge in [-0.1, -0.05) is 0 Å². The predicted molar refractivity (Wildman–Crippen MR) is 116 cm³/mol. The number of nitrogens with zero attached hydrogens (tertiary/aromatic N) is 2. The fourth-order valence-corrected chi connectivity index (χ4v) is 6.30. The second kappa shape index (κ2) is 8.59. The van der Waals surface area contributed by atoms with Crippen molar-refractivity contribution < 1.29 is 17.2 Å². The lowest BCUT2D eigenvalue weighted by molar-refractivity contribution is 0.337. The van der Waals surface area contributed by atoms with Crippen molar-refractivity contribution in [1.82, 2.24) is 9.36 Å². The van der Waals surface area contributed by atoms with Gasteiger partial charge in [0.05, 0.1) is 5.69 Å². The minimum atomic E-state index is -4.32. The van der Waals surface area contributed by atoms with Crippen LogP contribution in [-0.4, -0.2) is 30.4 Å². The molecule has 2 aliphatic rings. The predicted octanol–water partition coefficient (Wildman–Crippen LogP) is 3.96. The van der Waals surface area contributed by atoms with E-state index >= 15 is 0 Å². The van der Waals surface area contributed by atoms with E-state index in [1.54, 1.807) is 0 Å². The Morgan fingerprint density at radius 3 is 2.68 bits per heavy atom. The number of aromatic nitrogens is 2. The van der Waals surface area contributed by atoms with Crippen LogP contribution in [0.3, 0.4) is 0 Å². The van der Waals surface area contributed by atoms with E-state index in [2.05, 4.69) is 19.4 Å². The third kappa shape index (κ3) is 5.15. The van der Waals surface area contributed by atoms with E-state index in [1.165, 1.54) is 32.1 Å². The quantitative estimate of drug-likeness (QED) is 0.511. The number of halogens is 2. The van der Waals surface area contributed by atoms with E-state index < -0.39 is 26.6 Å². The molecule has 1 spiro atoms. The molecule has 7 nitrogen and oxygen atoms in total. The van der Waals surface area contributed by atoms with Crippen molar-refractivity contribution in [3.63, 3.8) is 0 Å². The normalized spacial score (nSPS) is 21.7. The van der Waals surface area contributed by atoms with Crippen LogP contribution in [-0.2, 0) is 10.0 Å². The molecule has 4 N–H and O–H groups in total. The maximum absolute atomic E-state index is 14.6. The smallest absolute Gasteiger partial charge is 0.266 e. The molecule has 0 saturated heterocycles. The van der Waals surface area contributed by atoms with Crippen molar-refractivity contribution in [2.45, 2.75) is 56.4 Å². The molecule has 0 aliphatic heterocycles. The molecule has 2 fully saturated rings. The Bertz CT molecular complexity index is 1030. The van der Waals surface area contributed by atoms with Gasteiger partial charge in [-0.15, -0.1) is 0 Å². The lowest BCUT2D eigenvalue weighted by Crippen LogP contribution is -2.33. The van der Waals surface area contributed by atoms with Crippen LogP contribution in [0.15, 0.2) is 23.4 Å². The first-order valence-electron chi connectivity index (χ1n) is 10.5. The number of anilines is 2. The molecule has 2 aromatic rings. The molecule has 3 atom stereocenters. The fraction of sp³-hybridized carbons (Fsp3) is 0.600. The van der Waals surface area contributed by atoms with Crippen molar-refractivity contribution in [2.24, 2.45) is 23.0 Å². The van der Waals surface area contributed by atoms with E-state index in [9.17, 15) is 17.2 Å². The molecule has 31 heavy (non-hydrogen) atoms. The van der Waals surface area contributed by atoms with Gasteiger partial charge >= 0.3 is 0 Å². The van der Waals surface area contributed by atoms with Gasteiger partial charge in [0.25, 0.3) is 10.0 Å². The van der Waals surface area contributed by atoms with Crippen LogP contribution < -0.4 is 15.8 Å². The average Bonchev–Trinajstić information content (AvgIpc) is 3.07. The van der Waals surface area contributed by atoms with Gasteiger partial charge in [-0.2, -0.15) is 4.37 Å². The maximum atomic E-state index is 14.6. The minimum absolute atomic E-state index is 0.0262. The summed E-state index contributed by atoms with van der Waals surface area (Å²) in [6, 6.07) is 1.46. The van der Waals surface area contributed by atoms with Gasteiger partial charge in [0.2, 0.25) is 5.13 Å². The summed E-state index contributed by atoms with van der Waals surface area (Å²) < 4.78 is 59.7. The van der Waals surface area contributed by atoms with Crippen molar-refractivity contribution in [2.75, 3.05) is 16.6 Å². The summed E-state index contributed by atoms with van der Waals surface area (Å²) >= 11 is 0.796. The monoisotopic (exact) mass is 471 g/mol. The number of sulfonamides is 1. The van der Waals surface area contributed by atoms with E-state index in [1.807, 2.05) is 6.92 Å². The van der Waals surface area contributed by atoms with E-state index in [-0.39, 0.29) is 22.8 Å². The molecule has 0 bridgehead atoms. The summed E-state index contributed by atoms with van der Waals surface area (Å²) in [4.78, 5) is 2.91. The van der Waals surface area contributed by atoms with Gasteiger partial charge in [-0.05, 0) is 68.8 Å². The highest BCUT2D eigenvalue weighted by Gasteiger charge is 2.48. The van der Waals surface area contributed by atoms with Crippen LogP contribution in [0.4, 0.5) is 19.6 Å². The first-order valence-corrected chi connectivity index (χ1v) is 12.7. The van der Waals surface area contributed by atoms with Gasteiger partial charge in [0, 0.05) is 30.2 Å². The Morgan fingerprint density at radius 1 is 1.29 bits per heavy atom. The zero-order valence-electron chi connectivity index (χ0n) is 17.3. The van der Waals surface area contributed by atoms with Gasteiger partial charge in [0.15, 0.2) is 0 Å². The van der Waals surface area contributed by atoms with Crippen LogP contribution in [0.25, 0.3) is 0 Å². The van der Waals surface area contributed by atoms with Crippen LogP contribution in [0.2, 0.25) is 0 Å². The standard InChI is InChI=1S/C20H27F2N5O2S2/c1-12(23)14(6-13-2-3-20(9-13)4-5-20)10-24-17-7-16(22)18(8-15(17)21)31(28,29)27-19-25-11-26-30-19/h7-8,11-14,24H,2-6,9-10,23H2,1H3,(H,25,26,27)/t12-,13?,14?/m1/s1. The zero-order valence-corrected chi connectivity index (χ0v) is 18.9.